The van der Waals surface area contributed by atoms with Gasteiger partial charge in [-0.05, 0) is 67.8 Å². The summed E-state index contributed by atoms with van der Waals surface area (Å²) in [5.74, 6) is -1.31. The van der Waals surface area contributed by atoms with Gasteiger partial charge >= 0.3 is 5.91 Å². The number of ketones is 1. The number of aliphatic hydroxyl groups excluding tert-OH is 1. The normalized spacial score (nSPS) is 16.8. The summed E-state index contributed by atoms with van der Waals surface area (Å²) in [6, 6.07) is 15.7. The molecule has 5 aromatic rings. The number of carbonyl (C=O) groups is 2. The number of aromatic nitrogens is 3. The van der Waals surface area contributed by atoms with Gasteiger partial charge in [0.2, 0.25) is 0 Å². The standard InChI is InChI=1S/C31H26N4O4S/c1-5-13-39-21-10-8-9-20(16-21)27-24(28(36)26-19(4)32-23-11-6-7-12-34(23)26)29(37)30(38)35(27)31-33-25-18(3)14-17(2)15-22(25)40-31/h5-12,14-16,27,36H,1,13H2,2-4H3. The first-order valence-corrected chi connectivity index (χ1v) is 13.6. The molecule has 8 nitrogen and oxygen atoms in total. The van der Waals surface area contributed by atoms with Gasteiger partial charge < -0.3 is 9.84 Å². The zero-order valence-corrected chi connectivity index (χ0v) is 23.0. The topological polar surface area (TPSA) is 97.0 Å². The fourth-order valence-corrected chi connectivity index (χ4v) is 6.43. The Morgan fingerprint density at radius 1 is 1.10 bits per heavy atom. The molecule has 0 saturated carbocycles. The van der Waals surface area contributed by atoms with Crippen molar-refractivity contribution in [2.24, 2.45) is 0 Å². The maximum Gasteiger partial charge on any atom is 0.301 e. The van der Waals surface area contributed by atoms with Crippen LogP contribution in [0.4, 0.5) is 5.13 Å². The number of hydrogen-bond donors (Lipinski definition) is 1. The molecule has 1 unspecified atom stereocenters. The zero-order valence-electron chi connectivity index (χ0n) is 22.2. The zero-order chi connectivity index (χ0) is 28.1. The number of amides is 1. The maximum atomic E-state index is 13.7. The third-order valence-corrected chi connectivity index (χ3v) is 7.94. The number of aryl methyl sites for hydroxylation is 3. The van der Waals surface area contributed by atoms with E-state index in [0.717, 1.165) is 21.3 Å². The SMILES string of the molecule is C=CCOc1cccc(C2C(=C(O)c3c(C)nc4ccccn34)C(=O)C(=O)N2c2nc3c(C)cc(C)cc3s2)c1. The van der Waals surface area contributed by atoms with Crippen LogP contribution in [0, 0.1) is 20.8 Å². The molecule has 1 aliphatic rings. The molecule has 9 heteroatoms. The lowest BCUT2D eigenvalue weighted by Gasteiger charge is -2.23. The number of carbonyl (C=O) groups excluding carboxylic acids is 2. The first kappa shape index (κ1) is 25.5. The fraction of sp³-hybridized carbons (Fsp3) is 0.161. The van der Waals surface area contributed by atoms with Gasteiger partial charge in [-0.25, -0.2) is 9.97 Å². The molecule has 1 amide bonds. The molecule has 0 bridgehead atoms. The van der Waals surface area contributed by atoms with E-state index >= 15 is 0 Å². The summed E-state index contributed by atoms with van der Waals surface area (Å²) in [6.07, 6.45) is 3.40. The Bertz CT molecular complexity index is 1880. The van der Waals surface area contributed by atoms with Gasteiger partial charge in [0.1, 0.15) is 23.7 Å². The molecule has 1 fully saturated rings. The number of imidazole rings is 1. The second-order valence-electron chi connectivity index (χ2n) is 9.74. The largest absolute Gasteiger partial charge is 0.505 e. The van der Waals surface area contributed by atoms with E-state index in [-0.39, 0.29) is 11.3 Å². The van der Waals surface area contributed by atoms with Crippen LogP contribution in [0.25, 0.3) is 21.6 Å². The Morgan fingerprint density at radius 3 is 2.73 bits per heavy atom. The number of fused-ring (bicyclic) bond motifs is 2. The highest BCUT2D eigenvalue weighted by Crippen LogP contribution is 2.45. The van der Waals surface area contributed by atoms with E-state index in [9.17, 15) is 14.7 Å². The number of Topliss-reactive ketones (excluding diaryl/α,β-unsaturated/α-hetero) is 1. The molecule has 4 heterocycles. The van der Waals surface area contributed by atoms with E-state index < -0.39 is 17.7 Å². The number of hydrogen-bond acceptors (Lipinski definition) is 7. The summed E-state index contributed by atoms with van der Waals surface area (Å²) in [4.78, 5) is 38.2. The number of pyridine rings is 1. The predicted molar refractivity (Wildman–Crippen MR) is 156 cm³/mol. The minimum atomic E-state index is -0.942. The van der Waals surface area contributed by atoms with Crippen molar-refractivity contribution >= 4 is 49.8 Å². The molecular formula is C31H26N4O4S. The molecule has 40 heavy (non-hydrogen) atoms. The van der Waals surface area contributed by atoms with Crippen LogP contribution in [0.5, 0.6) is 5.75 Å². The van der Waals surface area contributed by atoms with Gasteiger partial charge in [-0.3, -0.25) is 18.9 Å². The van der Waals surface area contributed by atoms with Gasteiger partial charge in [0.25, 0.3) is 5.78 Å². The number of rotatable bonds is 6. The Balaban J connectivity index is 1.60. The molecule has 6 rings (SSSR count). The van der Waals surface area contributed by atoms with Gasteiger partial charge in [0, 0.05) is 6.20 Å². The van der Waals surface area contributed by atoms with Crippen molar-refractivity contribution in [2.75, 3.05) is 11.5 Å². The molecule has 1 N–H and O–H groups in total. The van der Waals surface area contributed by atoms with E-state index in [1.165, 1.54) is 16.2 Å². The number of thiazole rings is 1. The molecular weight excluding hydrogens is 524 g/mol. The summed E-state index contributed by atoms with van der Waals surface area (Å²) in [6.45, 7) is 9.73. The summed E-state index contributed by atoms with van der Waals surface area (Å²) in [5.41, 5.74) is 4.89. The van der Waals surface area contributed by atoms with Crippen molar-refractivity contribution in [1.82, 2.24) is 14.4 Å². The molecule has 1 saturated heterocycles. The monoisotopic (exact) mass is 550 g/mol. The van der Waals surface area contributed by atoms with E-state index in [0.29, 0.717) is 40.1 Å². The highest BCUT2D eigenvalue weighted by atomic mass is 32.1. The average molecular weight is 551 g/mol. The Hall–Kier alpha value is -4.76. The van der Waals surface area contributed by atoms with Crippen molar-refractivity contribution in [3.05, 3.63) is 107 Å². The van der Waals surface area contributed by atoms with Gasteiger partial charge in [0.05, 0.1) is 27.5 Å². The fourth-order valence-electron chi connectivity index (χ4n) is 5.26. The van der Waals surface area contributed by atoms with Gasteiger partial charge in [-0.15, -0.1) is 0 Å². The lowest BCUT2D eigenvalue weighted by Crippen LogP contribution is -2.29. The van der Waals surface area contributed by atoms with Crippen LogP contribution in [0.15, 0.2) is 79.0 Å². The molecule has 0 spiro atoms. The van der Waals surface area contributed by atoms with E-state index in [1.54, 1.807) is 41.8 Å². The molecule has 1 atom stereocenters. The van der Waals surface area contributed by atoms with Crippen LogP contribution in [0.3, 0.4) is 0 Å². The number of ether oxygens (including phenoxy) is 1. The highest BCUT2D eigenvalue weighted by molar-refractivity contribution is 7.22. The van der Waals surface area contributed by atoms with Crippen LogP contribution >= 0.6 is 11.3 Å². The van der Waals surface area contributed by atoms with E-state index in [4.69, 9.17) is 9.72 Å². The number of benzene rings is 2. The first-order chi connectivity index (χ1) is 19.3. The minimum Gasteiger partial charge on any atom is -0.505 e. The number of anilines is 1. The molecule has 0 aliphatic carbocycles. The Morgan fingerprint density at radius 2 is 1.93 bits per heavy atom. The average Bonchev–Trinajstić information content (AvgIpc) is 3.58. The second kappa shape index (κ2) is 9.77. The summed E-state index contributed by atoms with van der Waals surface area (Å²) in [7, 11) is 0. The molecule has 200 valence electrons. The molecule has 2 aromatic carbocycles. The van der Waals surface area contributed by atoms with Crippen molar-refractivity contribution in [3.8, 4) is 5.75 Å². The molecule has 3 aromatic heterocycles. The summed E-state index contributed by atoms with van der Waals surface area (Å²) in [5, 5.41) is 12.1. The van der Waals surface area contributed by atoms with Crippen molar-refractivity contribution < 1.29 is 19.4 Å². The Labute approximate surface area is 234 Å². The van der Waals surface area contributed by atoms with Crippen molar-refractivity contribution in [1.29, 1.82) is 0 Å². The lowest BCUT2D eigenvalue weighted by atomic mass is 9.96. The third kappa shape index (κ3) is 4.06. The second-order valence-corrected chi connectivity index (χ2v) is 10.8. The van der Waals surface area contributed by atoms with Crippen LogP contribution in [0.1, 0.15) is 34.1 Å². The van der Waals surface area contributed by atoms with Gasteiger partial charge in [0.15, 0.2) is 10.9 Å². The third-order valence-electron chi connectivity index (χ3n) is 6.94. The summed E-state index contributed by atoms with van der Waals surface area (Å²) >= 11 is 1.34. The van der Waals surface area contributed by atoms with Gasteiger partial charge in [-0.2, -0.15) is 0 Å². The predicted octanol–water partition coefficient (Wildman–Crippen LogP) is 6.06. The Kier molecular flexibility index (Phi) is 6.23. The lowest BCUT2D eigenvalue weighted by molar-refractivity contribution is -0.132. The first-order valence-electron chi connectivity index (χ1n) is 12.7. The maximum absolute atomic E-state index is 13.7. The minimum absolute atomic E-state index is 0.0354. The number of nitrogens with zero attached hydrogens (tertiary/aromatic N) is 4. The molecule has 0 radical (unpaired) electrons. The summed E-state index contributed by atoms with van der Waals surface area (Å²) < 4.78 is 8.38. The van der Waals surface area contributed by atoms with Crippen molar-refractivity contribution in [2.45, 2.75) is 26.8 Å². The van der Waals surface area contributed by atoms with E-state index in [2.05, 4.69) is 11.6 Å². The smallest absolute Gasteiger partial charge is 0.301 e. The van der Waals surface area contributed by atoms with Crippen LogP contribution < -0.4 is 9.64 Å². The van der Waals surface area contributed by atoms with E-state index in [1.807, 2.05) is 50.2 Å². The highest BCUT2D eigenvalue weighted by Gasteiger charge is 2.48. The van der Waals surface area contributed by atoms with Crippen LogP contribution in [0.2, 0.25) is 0 Å². The molecule has 1 aliphatic heterocycles. The van der Waals surface area contributed by atoms with Gasteiger partial charge in [-0.1, -0.05) is 48.3 Å². The number of aliphatic hydroxyl groups is 1. The van der Waals surface area contributed by atoms with Crippen molar-refractivity contribution in [3.63, 3.8) is 0 Å². The van der Waals surface area contributed by atoms with Crippen LogP contribution in [-0.4, -0.2) is 37.8 Å². The quantitative estimate of drug-likeness (QED) is 0.119. The van der Waals surface area contributed by atoms with Crippen LogP contribution in [-0.2, 0) is 9.59 Å².